The fourth-order valence-corrected chi connectivity index (χ4v) is 1.56. The predicted octanol–water partition coefficient (Wildman–Crippen LogP) is 0.835. The highest BCUT2D eigenvalue weighted by Gasteiger charge is 2.21. The Bertz CT molecular complexity index is 464. The van der Waals surface area contributed by atoms with Gasteiger partial charge in [-0.1, -0.05) is 23.7 Å². The molecule has 0 saturated heterocycles. The Labute approximate surface area is 122 Å². The smallest absolute Gasteiger partial charge is 0.425 e. The average molecular weight is 301 g/mol. The van der Waals surface area contributed by atoms with Crippen LogP contribution in [0.1, 0.15) is 11.6 Å². The minimum Gasteiger partial charge on any atom is -0.452 e. The number of halogens is 1. The first-order valence-electron chi connectivity index (χ1n) is 5.77. The summed E-state index contributed by atoms with van der Waals surface area (Å²) >= 11 is 5.82. The van der Waals surface area contributed by atoms with Crippen molar-refractivity contribution in [3.8, 4) is 0 Å². The van der Waals surface area contributed by atoms with Crippen LogP contribution in [-0.2, 0) is 9.53 Å². The van der Waals surface area contributed by atoms with Gasteiger partial charge in [-0.3, -0.25) is 10.2 Å². The van der Waals surface area contributed by atoms with E-state index in [0.717, 1.165) is 0 Å². The first kappa shape index (κ1) is 16.2. The molecule has 3 N–H and O–H groups in total. The van der Waals surface area contributed by atoms with Crippen LogP contribution in [-0.4, -0.2) is 38.2 Å². The summed E-state index contributed by atoms with van der Waals surface area (Å²) in [5, 5.41) is 2.21. The molecule has 1 aromatic rings. The number of carbonyl (C=O) groups excluding carboxylic acids is 2. The fourth-order valence-electron chi connectivity index (χ4n) is 1.43. The van der Waals surface area contributed by atoms with E-state index in [9.17, 15) is 9.59 Å². The molecule has 0 aliphatic heterocycles. The molecule has 1 rings (SSSR count). The Morgan fingerprint density at radius 1 is 1.20 bits per heavy atom. The number of rotatable bonds is 4. The maximum atomic E-state index is 12.1. The van der Waals surface area contributed by atoms with Gasteiger partial charge in [0, 0.05) is 19.1 Å². The molecule has 20 heavy (non-hydrogen) atoms. The minimum absolute atomic E-state index is 0.438. The third kappa shape index (κ3) is 5.04. The van der Waals surface area contributed by atoms with Crippen molar-refractivity contribution in [1.29, 1.82) is 0 Å². The number of ether oxygens (including phenoxy) is 1. The van der Waals surface area contributed by atoms with Crippen molar-refractivity contribution in [2.75, 3.05) is 21.2 Å². The molecule has 1 atom stereocenters. The molecule has 0 aromatic heterocycles. The quantitative estimate of drug-likeness (QED) is 0.718. The van der Waals surface area contributed by atoms with Gasteiger partial charge in [0.1, 0.15) is 6.04 Å². The van der Waals surface area contributed by atoms with Crippen LogP contribution in [0.4, 0.5) is 4.79 Å². The molecule has 2 amide bonds. The molecule has 7 nitrogen and oxygen atoms in total. The molecule has 0 heterocycles. The van der Waals surface area contributed by atoms with Gasteiger partial charge in [-0.2, -0.15) is 0 Å². The molecular formula is C12H17ClN4O3. The third-order valence-corrected chi connectivity index (χ3v) is 2.58. The van der Waals surface area contributed by atoms with E-state index in [4.69, 9.17) is 11.6 Å². The van der Waals surface area contributed by atoms with Crippen LogP contribution in [0.2, 0.25) is 5.02 Å². The van der Waals surface area contributed by atoms with E-state index in [1.54, 1.807) is 43.4 Å². The number of benzene rings is 1. The number of hydrazine groups is 2. The Kier molecular flexibility index (Phi) is 6.23. The van der Waals surface area contributed by atoms with Gasteiger partial charge >= 0.3 is 6.09 Å². The topological polar surface area (TPSA) is 82.7 Å². The molecule has 0 aliphatic carbocycles. The maximum Gasteiger partial charge on any atom is 0.425 e. The molecule has 0 spiro atoms. The van der Waals surface area contributed by atoms with Gasteiger partial charge in [-0.25, -0.2) is 20.7 Å². The highest BCUT2D eigenvalue weighted by atomic mass is 35.5. The molecule has 0 bridgehead atoms. The molecular weight excluding hydrogens is 284 g/mol. The van der Waals surface area contributed by atoms with Gasteiger partial charge < -0.3 is 4.74 Å². The highest BCUT2D eigenvalue weighted by molar-refractivity contribution is 6.30. The molecule has 0 aliphatic rings. The van der Waals surface area contributed by atoms with Crippen molar-refractivity contribution in [3.05, 3.63) is 34.9 Å². The molecule has 110 valence electrons. The summed E-state index contributed by atoms with van der Waals surface area (Å²) in [5.41, 5.74) is 8.03. The van der Waals surface area contributed by atoms with Crippen LogP contribution >= 0.6 is 11.6 Å². The standard InChI is InChI=1S/C12H17ClN4O3/c1-17(2)16-10(8-4-6-9(13)7-5-8)11(18)14-15-12(19)20-3/h4-7,10,16H,1-3H3,(H,14,18)(H,15,19). The monoisotopic (exact) mass is 300 g/mol. The van der Waals surface area contributed by atoms with Crippen LogP contribution in [0.15, 0.2) is 24.3 Å². The predicted molar refractivity (Wildman–Crippen MR) is 74.7 cm³/mol. The summed E-state index contributed by atoms with van der Waals surface area (Å²) in [7, 11) is 4.71. The normalized spacial score (nSPS) is 11.8. The van der Waals surface area contributed by atoms with E-state index in [2.05, 4.69) is 21.0 Å². The second-order valence-corrected chi connectivity index (χ2v) is 4.55. The zero-order valence-corrected chi connectivity index (χ0v) is 12.2. The summed E-state index contributed by atoms with van der Waals surface area (Å²) in [4.78, 5) is 23.0. The lowest BCUT2D eigenvalue weighted by atomic mass is 10.1. The second kappa shape index (κ2) is 7.68. The molecule has 0 saturated carbocycles. The minimum atomic E-state index is -0.752. The number of carbonyl (C=O) groups is 2. The molecule has 0 radical (unpaired) electrons. The highest BCUT2D eigenvalue weighted by Crippen LogP contribution is 2.16. The average Bonchev–Trinajstić information content (AvgIpc) is 2.42. The summed E-state index contributed by atoms with van der Waals surface area (Å²) in [6.07, 6.45) is -0.752. The number of nitrogens with one attached hydrogen (secondary N) is 3. The van der Waals surface area contributed by atoms with Gasteiger partial charge in [0.25, 0.3) is 5.91 Å². The van der Waals surface area contributed by atoms with Crippen molar-refractivity contribution in [2.24, 2.45) is 0 Å². The number of hydrogen-bond acceptors (Lipinski definition) is 5. The van der Waals surface area contributed by atoms with Crippen LogP contribution in [0.25, 0.3) is 0 Å². The summed E-state index contributed by atoms with van der Waals surface area (Å²) in [6.45, 7) is 0. The molecule has 1 unspecified atom stereocenters. The lowest BCUT2D eigenvalue weighted by Crippen LogP contribution is -2.49. The largest absolute Gasteiger partial charge is 0.452 e. The van der Waals surface area contributed by atoms with Crippen molar-refractivity contribution in [3.63, 3.8) is 0 Å². The van der Waals surface area contributed by atoms with E-state index < -0.39 is 18.0 Å². The van der Waals surface area contributed by atoms with Gasteiger partial charge in [-0.15, -0.1) is 0 Å². The van der Waals surface area contributed by atoms with Crippen LogP contribution in [0.3, 0.4) is 0 Å². The summed E-state index contributed by atoms with van der Waals surface area (Å²) < 4.78 is 4.37. The first-order valence-corrected chi connectivity index (χ1v) is 6.14. The Hall–Kier alpha value is -1.83. The lowest BCUT2D eigenvalue weighted by Gasteiger charge is -2.22. The zero-order valence-electron chi connectivity index (χ0n) is 11.4. The Morgan fingerprint density at radius 2 is 1.80 bits per heavy atom. The first-order chi connectivity index (χ1) is 9.43. The number of amides is 2. The number of nitrogens with zero attached hydrogens (tertiary/aromatic N) is 1. The zero-order chi connectivity index (χ0) is 15.1. The molecule has 8 heteroatoms. The van der Waals surface area contributed by atoms with E-state index >= 15 is 0 Å². The molecule has 1 aromatic carbocycles. The Morgan fingerprint density at radius 3 is 2.30 bits per heavy atom. The maximum absolute atomic E-state index is 12.1. The van der Waals surface area contributed by atoms with Crippen molar-refractivity contribution in [2.45, 2.75) is 6.04 Å². The SMILES string of the molecule is COC(=O)NNC(=O)C(NN(C)C)c1ccc(Cl)cc1. The van der Waals surface area contributed by atoms with E-state index in [1.165, 1.54) is 7.11 Å². The van der Waals surface area contributed by atoms with Gasteiger partial charge in [0.05, 0.1) is 7.11 Å². The van der Waals surface area contributed by atoms with Crippen molar-refractivity contribution < 1.29 is 14.3 Å². The summed E-state index contributed by atoms with van der Waals surface area (Å²) in [6, 6.07) is 6.13. The fraction of sp³-hybridized carbons (Fsp3) is 0.333. The van der Waals surface area contributed by atoms with Gasteiger partial charge in [0.15, 0.2) is 0 Å². The van der Waals surface area contributed by atoms with E-state index in [0.29, 0.717) is 10.6 Å². The molecule has 0 fully saturated rings. The van der Waals surface area contributed by atoms with Gasteiger partial charge in [-0.05, 0) is 17.7 Å². The van der Waals surface area contributed by atoms with Crippen LogP contribution in [0.5, 0.6) is 0 Å². The lowest BCUT2D eigenvalue weighted by molar-refractivity contribution is -0.125. The third-order valence-electron chi connectivity index (χ3n) is 2.33. The second-order valence-electron chi connectivity index (χ2n) is 4.11. The number of methoxy groups -OCH3 is 1. The summed E-state index contributed by atoms with van der Waals surface area (Å²) in [5.74, 6) is -0.438. The Balaban J connectivity index is 2.80. The number of hydrogen-bond donors (Lipinski definition) is 3. The van der Waals surface area contributed by atoms with Gasteiger partial charge in [0.2, 0.25) is 0 Å². The van der Waals surface area contributed by atoms with E-state index in [-0.39, 0.29) is 0 Å². The van der Waals surface area contributed by atoms with Crippen molar-refractivity contribution in [1.82, 2.24) is 21.3 Å². The van der Waals surface area contributed by atoms with E-state index in [1.807, 2.05) is 0 Å². The van der Waals surface area contributed by atoms with Crippen LogP contribution in [0, 0.1) is 0 Å². The van der Waals surface area contributed by atoms with Crippen molar-refractivity contribution >= 4 is 23.6 Å². The van der Waals surface area contributed by atoms with Crippen LogP contribution < -0.4 is 16.3 Å².